The molecule has 4 aromatic rings. The maximum Gasteiger partial charge on any atom is 0.417 e. The van der Waals surface area contributed by atoms with E-state index in [0.717, 1.165) is 17.3 Å². The van der Waals surface area contributed by atoms with Crippen LogP contribution in [0.5, 0.6) is 0 Å². The molecule has 1 nitrogen and oxygen atoms in total. The Balaban J connectivity index is 2.23. The summed E-state index contributed by atoms with van der Waals surface area (Å²) in [6, 6.07) is 21.7. The molecule has 0 aliphatic heterocycles. The average molecular weight is 310 g/mol. The van der Waals surface area contributed by atoms with E-state index >= 15 is 0 Å². The summed E-state index contributed by atoms with van der Waals surface area (Å²) in [5.41, 5.74) is 1.49. The zero-order chi connectivity index (χ0) is 16.0. The van der Waals surface area contributed by atoms with Crippen LogP contribution in [0.15, 0.2) is 66.7 Å². The van der Waals surface area contributed by atoms with Crippen LogP contribution in [0.1, 0.15) is 5.56 Å². The van der Waals surface area contributed by atoms with Crippen molar-refractivity contribution in [3.63, 3.8) is 0 Å². The van der Waals surface area contributed by atoms with Crippen LogP contribution in [0.25, 0.3) is 27.5 Å². The summed E-state index contributed by atoms with van der Waals surface area (Å²) in [5.74, 6) is 0. The minimum Gasteiger partial charge on any atom is -0.309 e. The quantitative estimate of drug-likeness (QED) is 0.431. The van der Waals surface area contributed by atoms with Crippen LogP contribution < -0.4 is 0 Å². The van der Waals surface area contributed by atoms with E-state index in [2.05, 4.69) is 6.07 Å². The first-order chi connectivity index (χ1) is 11.1. The number of benzene rings is 3. The lowest BCUT2D eigenvalue weighted by Gasteiger charge is -2.10. The van der Waals surface area contributed by atoms with E-state index in [1.54, 1.807) is 24.3 Å². The lowest BCUT2D eigenvalue weighted by molar-refractivity contribution is -0.136. The Hall–Kier alpha value is -2.75. The first-order valence-corrected chi connectivity index (χ1v) is 7.13. The Morgan fingerprint density at radius 1 is 0.826 bits per heavy atom. The molecule has 0 spiro atoms. The van der Waals surface area contributed by atoms with Crippen LogP contribution >= 0.6 is 0 Å². The van der Waals surface area contributed by atoms with Crippen molar-refractivity contribution < 1.29 is 13.2 Å². The van der Waals surface area contributed by atoms with Gasteiger partial charge in [0.2, 0.25) is 0 Å². The van der Waals surface area contributed by atoms with E-state index in [0.29, 0.717) is 10.9 Å². The van der Waals surface area contributed by atoms with Crippen LogP contribution in [-0.2, 0) is 6.18 Å². The van der Waals surface area contributed by atoms with Gasteiger partial charge in [-0.3, -0.25) is 0 Å². The van der Waals surface area contributed by atoms with Gasteiger partial charge in [-0.1, -0.05) is 30.3 Å². The zero-order valence-corrected chi connectivity index (χ0v) is 11.9. The van der Waals surface area contributed by atoms with Crippen LogP contribution in [0.2, 0.25) is 0 Å². The van der Waals surface area contributed by atoms with Gasteiger partial charge in [-0.15, -0.1) is 0 Å². The molecule has 0 N–H and O–H groups in total. The van der Waals surface area contributed by atoms with Crippen molar-refractivity contribution in [2.45, 2.75) is 6.18 Å². The van der Waals surface area contributed by atoms with E-state index in [1.165, 1.54) is 6.07 Å². The van der Waals surface area contributed by atoms with Crippen molar-refractivity contribution in [1.82, 2.24) is 4.57 Å². The third kappa shape index (κ3) is 2.10. The molecule has 113 valence electrons. The summed E-state index contributed by atoms with van der Waals surface area (Å²) in [6.45, 7) is 0. The molecule has 0 bridgehead atoms. The predicted molar refractivity (Wildman–Crippen MR) is 84.6 cm³/mol. The number of nitrogens with zero attached hydrogens (tertiary/aromatic N) is 1. The number of hydrogen-bond donors (Lipinski definition) is 0. The highest BCUT2D eigenvalue weighted by Crippen LogP contribution is 2.40. The van der Waals surface area contributed by atoms with Crippen molar-refractivity contribution in [1.29, 1.82) is 0 Å². The van der Waals surface area contributed by atoms with Gasteiger partial charge in [-0.2, -0.15) is 13.2 Å². The highest BCUT2D eigenvalue weighted by molar-refractivity contribution is 6.11. The van der Waals surface area contributed by atoms with E-state index in [-0.39, 0.29) is 5.39 Å². The Kier molecular flexibility index (Phi) is 2.94. The molecule has 0 saturated heterocycles. The van der Waals surface area contributed by atoms with Crippen molar-refractivity contribution in [2.24, 2.45) is 0 Å². The van der Waals surface area contributed by atoms with Crippen molar-refractivity contribution in [3.05, 3.63) is 78.4 Å². The molecule has 1 aromatic heterocycles. The van der Waals surface area contributed by atoms with Crippen molar-refractivity contribution >= 4 is 21.8 Å². The summed E-state index contributed by atoms with van der Waals surface area (Å²) in [6.07, 6.45) is -4.40. The molecule has 3 aromatic carbocycles. The number of aromatic nitrogens is 1. The normalized spacial score (nSPS) is 12.1. The summed E-state index contributed by atoms with van der Waals surface area (Å²) in [5, 5.41) is 0.773. The number of hydrogen-bond acceptors (Lipinski definition) is 0. The molecule has 0 saturated carbocycles. The minimum absolute atomic E-state index is 0.218. The van der Waals surface area contributed by atoms with Crippen LogP contribution in [0, 0.1) is 6.07 Å². The summed E-state index contributed by atoms with van der Waals surface area (Å²) < 4.78 is 42.2. The molecule has 0 amide bonds. The molecule has 23 heavy (non-hydrogen) atoms. The average Bonchev–Trinajstić information content (AvgIpc) is 2.89. The van der Waals surface area contributed by atoms with E-state index in [1.807, 2.05) is 34.9 Å². The van der Waals surface area contributed by atoms with Gasteiger partial charge in [0.25, 0.3) is 0 Å². The van der Waals surface area contributed by atoms with Gasteiger partial charge in [0.05, 0.1) is 16.6 Å². The first kappa shape index (κ1) is 13.9. The highest BCUT2D eigenvalue weighted by atomic mass is 19.4. The number of para-hydroxylation sites is 1. The molecule has 1 radical (unpaired) electrons. The molecule has 0 unspecified atom stereocenters. The van der Waals surface area contributed by atoms with E-state index in [9.17, 15) is 13.2 Å². The third-order valence-electron chi connectivity index (χ3n) is 3.95. The SMILES string of the molecule is FC(F)(F)c1cccc2c1c1c[c]ccc1n2-c1ccccc1. The smallest absolute Gasteiger partial charge is 0.309 e. The number of halogens is 3. The van der Waals surface area contributed by atoms with Gasteiger partial charge in [0, 0.05) is 16.5 Å². The van der Waals surface area contributed by atoms with Gasteiger partial charge >= 0.3 is 6.18 Å². The van der Waals surface area contributed by atoms with E-state index < -0.39 is 11.7 Å². The molecule has 0 aliphatic rings. The second-order valence-electron chi connectivity index (χ2n) is 5.31. The van der Waals surface area contributed by atoms with Crippen molar-refractivity contribution in [2.75, 3.05) is 0 Å². The minimum atomic E-state index is -4.40. The predicted octanol–water partition coefficient (Wildman–Crippen LogP) is 5.60. The summed E-state index contributed by atoms with van der Waals surface area (Å²) in [7, 11) is 0. The van der Waals surface area contributed by atoms with Gasteiger partial charge < -0.3 is 4.57 Å². The van der Waals surface area contributed by atoms with Gasteiger partial charge in [0.1, 0.15) is 0 Å². The van der Waals surface area contributed by atoms with Crippen LogP contribution in [-0.4, -0.2) is 4.57 Å². The van der Waals surface area contributed by atoms with E-state index in [4.69, 9.17) is 0 Å². The number of rotatable bonds is 1. The maximum atomic E-state index is 13.4. The third-order valence-corrected chi connectivity index (χ3v) is 3.95. The number of fused-ring (bicyclic) bond motifs is 3. The molecular weight excluding hydrogens is 299 g/mol. The fourth-order valence-corrected chi connectivity index (χ4v) is 3.05. The molecule has 0 atom stereocenters. The van der Waals surface area contributed by atoms with Gasteiger partial charge in [0.15, 0.2) is 0 Å². The highest BCUT2D eigenvalue weighted by Gasteiger charge is 2.34. The standard InChI is InChI=1S/C19H11F3N/c20-19(21,22)15-10-6-12-17-18(15)14-9-4-5-11-16(14)23(17)13-7-2-1-3-8-13/h1-3,5-12H. The number of alkyl halides is 3. The molecule has 0 aliphatic carbocycles. The monoisotopic (exact) mass is 310 g/mol. The lowest BCUT2D eigenvalue weighted by atomic mass is 10.1. The summed E-state index contributed by atoms with van der Waals surface area (Å²) in [4.78, 5) is 0. The van der Waals surface area contributed by atoms with Crippen molar-refractivity contribution in [3.8, 4) is 5.69 Å². The fourth-order valence-electron chi connectivity index (χ4n) is 3.05. The summed E-state index contributed by atoms with van der Waals surface area (Å²) >= 11 is 0. The lowest BCUT2D eigenvalue weighted by Crippen LogP contribution is -2.05. The Labute approximate surface area is 130 Å². The Morgan fingerprint density at radius 3 is 2.35 bits per heavy atom. The maximum absolute atomic E-state index is 13.4. The molecule has 4 rings (SSSR count). The molecule has 0 fully saturated rings. The molecular formula is C19H11F3N. The topological polar surface area (TPSA) is 4.93 Å². The molecule has 1 heterocycles. The zero-order valence-electron chi connectivity index (χ0n) is 11.9. The Bertz CT molecular complexity index is 998. The first-order valence-electron chi connectivity index (χ1n) is 7.13. The Morgan fingerprint density at radius 2 is 1.61 bits per heavy atom. The van der Waals surface area contributed by atoms with Gasteiger partial charge in [-0.25, -0.2) is 0 Å². The molecule has 4 heteroatoms. The second-order valence-corrected chi connectivity index (χ2v) is 5.31. The largest absolute Gasteiger partial charge is 0.417 e. The van der Waals surface area contributed by atoms with Crippen LogP contribution in [0.4, 0.5) is 13.2 Å². The fraction of sp³-hybridized carbons (Fsp3) is 0.0526. The van der Waals surface area contributed by atoms with Gasteiger partial charge in [-0.05, 0) is 42.5 Å². The second kappa shape index (κ2) is 4.88. The van der Waals surface area contributed by atoms with Crippen LogP contribution in [0.3, 0.4) is 0 Å².